The Morgan fingerprint density at radius 2 is 1.77 bits per heavy atom. The van der Waals surface area contributed by atoms with E-state index in [1.807, 2.05) is 24.3 Å². The molecule has 0 radical (unpaired) electrons. The van der Waals surface area contributed by atoms with E-state index in [1.54, 1.807) is 30.3 Å². The Balaban J connectivity index is 1.42. The lowest BCUT2D eigenvalue weighted by Gasteiger charge is -2.33. The Kier molecular flexibility index (Phi) is 6.75. The molecule has 1 fully saturated rings. The number of anilines is 1. The van der Waals surface area contributed by atoms with Gasteiger partial charge in [0.25, 0.3) is 0 Å². The SMILES string of the molecule is O=C(NC1CCCCC1)[C@@H](c1ccc(O)cc1)N(C(=O)Cn1nnc2ccccc21)c1ccc2c(c1)OCO2. The normalized spacial score (nSPS) is 15.7. The number of nitrogens with one attached hydrogen (secondary N) is 1. The van der Waals surface area contributed by atoms with Crippen LogP contribution in [0.4, 0.5) is 5.69 Å². The van der Waals surface area contributed by atoms with Crippen LogP contribution in [0.5, 0.6) is 17.2 Å². The quantitative estimate of drug-likeness (QED) is 0.372. The molecule has 0 bridgehead atoms. The number of phenols is 1. The summed E-state index contributed by atoms with van der Waals surface area (Å²) in [4.78, 5) is 29.7. The van der Waals surface area contributed by atoms with Crippen LogP contribution in [-0.4, -0.2) is 44.7 Å². The van der Waals surface area contributed by atoms with E-state index in [1.165, 1.54) is 21.7 Å². The Morgan fingerprint density at radius 3 is 2.59 bits per heavy atom. The fourth-order valence-electron chi connectivity index (χ4n) is 5.31. The monoisotopic (exact) mass is 527 g/mol. The number of aromatic hydroxyl groups is 1. The summed E-state index contributed by atoms with van der Waals surface area (Å²) in [5.74, 6) is 0.485. The van der Waals surface area contributed by atoms with Crippen molar-refractivity contribution >= 4 is 28.5 Å². The van der Waals surface area contributed by atoms with E-state index in [0.29, 0.717) is 33.8 Å². The molecule has 2 heterocycles. The predicted molar refractivity (Wildman–Crippen MR) is 143 cm³/mol. The van der Waals surface area contributed by atoms with Crippen LogP contribution < -0.4 is 19.7 Å². The minimum Gasteiger partial charge on any atom is -0.508 e. The van der Waals surface area contributed by atoms with E-state index in [-0.39, 0.29) is 36.9 Å². The molecule has 1 aliphatic heterocycles. The zero-order chi connectivity index (χ0) is 26.8. The second kappa shape index (κ2) is 10.6. The number of fused-ring (bicyclic) bond motifs is 2. The molecule has 2 amide bonds. The molecule has 0 saturated heterocycles. The van der Waals surface area contributed by atoms with Crippen molar-refractivity contribution in [3.05, 3.63) is 72.3 Å². The second-order valence-electron chi connectivity index (χ2n) is 9.87. The summed E-state index contributed by atoms with van der Waals surface area (Å²) < 4.78 is 12.6. The number of nitrogens with zero attached hydrogens (tertiary/aromatic N) is 4. The first kappa shape index (κ1) is 24.7. The van der Waals surface area contributed by atoms with Crippen molar-refractivity contribution < 1.29 is 24.2 Å². The van der Waals surface area contributed by atoms with Gasteiger partial charge in [0.1, 0.15) is 23.9 Å². The van der Waals surface area contributed by atoms with Crippen LogP contribution in [0.15, 0.2) is 66.7 Å². The van der Waals surface area contributed by atoms with Gasteiger partial charge in [-0.1, -0.05) is 48.7 Å². The molecule has 2 N–H and O–H groups in total. The van der Waals surface area contributed by atoms with Gasteiger partial charge in [0.05, 0.1) is 5.52 Å². The summed E-state index contributed by atoms with van der Waals surface area (Å²) in [5, 5.41) is 21.5. The smallest absolute Gasteiger partial charge is 0.249 e. The number of amides is 2. The van der Waals surface area contributed by atoms with Crippen molar-refractivity contribution in [1.29, 1.82) is 0 Å². The number of hydrogen-bond acceptors (Lipinski definition) is 7. The predicted octanol–water partition coefficient (Wildman–Crippen LogP) is 4.09. The molecule has 2 aliphatic rings. The van der Waals surface area contributed by atoms with E-state index in [0.717, 1.165) is 32.1 Å². The highest BCUT2D eigenvalue weighted by Crippen LogP contribution is 2.38. The van der Waals surface area contributed by atoms with Crippen molar-refractivity contribution in [1.82, 2.24) is 20.3 Å². The number of benzene rings is 3. The second-order valence-corrected chi connectivity index (χ2v) is 9.87. The number of carbonyl (C=O) groups is 2. The third-order valence-corrected chi connectivity index (χ3v) is 7.28. The van der Waals surface area contributed by atoms with Crippen LogP contribution >= 0.6 is 0 Å². The number of hydrogen-bond donors (Lipinski definition) is 2. The molecule has 6 rings (SSSR count). The van der Waals surface area contributed by atoms with Crippen LogP contribution in [0, 0.1) is 0 Å². The van der Waals surface area contributed by atoms with E-state index in [4.69, 9.17) is 9.47 Å². The van der Waals surface area contributed by atoms with E-state index in [2.05, 4.69) is 15.6 Å². The zero-order valence-corrected chi connectivity index (χ0v) is 21.3. The molecule has 200 valence electrons. The molecule has 1 aromatic heterocycles. The zero-order valence-electron chi connectivity index (χ0n) is 21.3. The average Bonchev–Trinajstić information content (AvgIpc) is 3.59. The lowest BCUT2D eigenvalue weighted by molar-refractivity contribution is -0.127. The standard InChI is InChI=1S/C29H29N5O5/c35-22-13-10-19(11-14-22)28(29(37)30-20-6-2-1-3-7-20)34(21-12-15-25-26(16-21)39-18-38-25)27(36)17-33-24-9-5-4-8-23(24)31-32-33/h4-5,8-16,20,28,35H,1-3,6-7,17-18H2,(H,30,37)/t28-/m1/s1. The first-order valence-corrected chi connectivity index (χ1v) is 13.2. The van der Waals surface area contributed by atoms with Gasteiger partial charge in [-0.2, -0.15) is 0 Å². The fourth-order valence-corrected chi connectivity index (χ4v) is 5.31. The minimum atomic E-state index is -1.00. The van der Waals surface area contributed by atoms with Crippen LogP contribution in [0.2, 0.25) is 0 Å². The first-order chi connectivity index (χ1) is 19.1. The van der Waals surface area contributed by atoms with Gasteiger partial charge in [-0.3, -0.25) is 14.5 Å². The third-order valence-electron chi connectivity index (χ3n) is 7.28. The molecule has 0 unspecified atom stereocenters. The van der Waals surface area contributed by atoms with Gasteiger partial charge in [-0.05, 0) is 54.8 Å². The largest absolute Gasteiger partial charge is 0.508 e. The number of phenolic OH excluding ortho intramolecular Hbond substituents is 1. The van der Waals surface area contributed by atoms with Crippen molar-refractivity contribution in [2.45, 2.75) is 50.7 Å². The summed E-state index contributed by atoms with van der Waals surface area (Å²) in [6, 6.07) is 18.0. The van der Waals surface area contributed by atoms with E-state index in [9.17, 15) is 14.7 Å². The first-order valence-electron chi connectivity index (χ1n) is 13.2. The summed E-state index contributed by atoms with van der Waals surface area (Å²) in [6.07, 6.45) is 5.06. The highest BCUT2D eigenvalue weighted by Gasteiger charge is 2.35. The van der Waals surface area contributed by atoms with E-state index >= 15 is 0 Å². The number of ether oxygens (including phenoxy) is 2. The van der Waals surface area contributed by atoms with Gasteiger partial charge in [0.2, 0.25) is 18.6 Å². The van der Waals surface area contributed by atoms with Crippen molar-refractivity contribution in [2.75, 3.05) is 11.7 Å². The molecule has 1 atom stereocenters. The number of rotatable bonds is 7. The molecule has 1 saturated carbocycles. The average molecular weight is 528 g/mol. The van der Waals surface area contributed by atoms with Crippen molar-refractivity contribution in [2.24, 2.45) is 0 Å². The minimum absolute atomic E-state index is 0.0406. The number of carbonyl (C=O) groups excluding carboxylic acids is 2. The molecular weight excluding hydrogens is 498 g/mol. The van der Waals surface area contributed by atoms with Crippen molar-refractivity contribution in [3.63, 3.8) is 0 Å². The summed E-state index contributed by atoms with van der Waals surface area (Å²) in [6.45, 7) is -0.0541. The van der Waals surface area contributed by atoms with Gasteiger partial charge >= 0.3 is 0 Å². The number of para-hydroxylation sites is 1. The van der Waals surface area contributed by atoms with Crippen LogP contribution in [0.3, 0.4) is 0 Å². The molecule has 10 nitrogen and oxygen atoms in total. The van der Waals surface area contributed by atoms with Gasteiger partial charge in [-0.25, -0.2) is 4.68 Å². The molecule has 1 aliphatic carbocycles. The fraction of sp³-hybridized carbons (Fsp3) is 0.310. The number of aromatic nitrogens is 3. The maximum Gasteiger partial charge on any atom is 0.249 e. The lowest BCUT2D eigenvalue weighted by Crippen LogP contribution is -2.48. The molecule has 4 aromatic rings. The lowest BCUT2D eigenvalue weighted by atomic mass is 9.94. The van der Waals surface area contributed by atoms with Crippen LogP contribution in [0.25, 0.3) is 11.0 Å². The summed E-state index contributed by atoms with van der Waals surface area (Å²) in [7, 11) is 0. The summed E-state index contributed by atoms with van der Waals surface area (Å²) in [5.41, 5.74) is 2.43. The third kappa shape index (κ3) is 5.09. The van der Waals surface area contributed by atoms with Gasteiger partial charge < -0.3 is 19.9 Å². The highest BCUT2D eigenvalue weighted by molar-refractivity contribution is 6.02. The molecule has 3 aromatic carbocycles. The van der Waals surface area contributed by atoms with Crippen LogP contribution in [-0.2, 0) is 16.1 Å². The molecule has 0 spiro atoms. The highest BCUT2D eigenvalue weighted by atomic mass is 16.7. The van der Waals surface area contributed by atoms with Gasteiger partial charge in [-0.15, -0.1) is 5.10 Å². The Hall–Kier alpha value is -4.60. The van der Waals surface area contributed by atoms with Gasteiger partial charge in [0.15, 0.2) is 11.5 Å². The Morgan fingerprint density at radius 1 is 1.00 bits per heavy atom. The molecular formula is C29H29N5O5. The van der Waals surface area contributed by atoms with Gasteiger partial charge in [0, 0.05) is 17.8 Å². The molecule has 10 heteroatoms. The molecule has 39 heavy (non-hydrogen) atoms. The maximum atomic E-state index is 14.2. The maximum absolute atomic E-state index is 14.2. The Bertz CT molecular complexity index is 1500. The van der Waals surface area contributed by atoms with Crippen LogP contribution in [0.1, 0.15) is 43.7 Å². The summed E-state index contributed by atoms with van der Waals surface area (Å²) >= 11 is 0. The Labute approximate surface area is 225 Å². The van der Waals surface area contributed by atoms with E-state index < -0.39 is 6.04 Å². The topological polar surface area (TPSA) is 119 Å². The van der Waals surface area contributed by atoms with Crippen molar-refractivity contribution in [3.8, 4) is 17.2 Å².